The summed E-state index contributed by atoms with van der Waals surface area (Å²) in [5.74, 6) is -1.07. The van der Waals surface area contributed by atoms with E-state index in [1.165, 1.54) is 6.08 Å². The Hall–Kier alpha value is -1.73. The van der Waals surface area contributed by atoms with Crippen molar-refractivity contribution in [1.82, 2.24) is 5.32 Å². The molecular weight excluding hydrogens is 267 g/mol. The topological polar surface area (TPSA) is 75.6 Å². The van der Waals surface area contributed by atoms with Gasteiger partial charge >= 0.3 is 18.2 Å². The van der Waals surface area contributed by atoms with Gasteiger partial charge in [-0.25, -0.2) is 4.79 Å². The SMILES string of the molecule is C=CCOC(=O)NC(CCCCC(=O)O)C(F)(F)F. The lowest BCUT2D eigenvalue weighted by molar-refractivity contribution is -0.155. The van der Waals surface area contributed by atoms with E-state index in [0.717, 1.165) is 0 Å². The molecule has 5 nitrogen and oxygen atoms in total. The number of alkyl carbamates (subject to hydrolysis) is 1. The number of unbranched alkanes of at least 4 members (excludes halogenated alkanes) is 1. The summed E-state index contributed by atoms with van der Waals surface area (Å²) in [5, 5.41) is 10.1. The second-order valence-corrected chi connectivity index (χ2v) is 3.77. The zero-order valence-electron chi connectivity index (χ0n) is 10.2. The molecule has 110 valence electrons. The fourth-order valence-corrected chi connectivity index (χ4v) is 1.26. The zero-order chi connectivity index (χ0) is 14.9. The van der Waals surface area contributed by atoms with Crippen molar-refractivity contribution in [1.29, 1.82) is 0 Å². The van der Waals surface area contributed by atoms with Crippen molar-refractivity contribution in [2.24, 2.45) is 0 Å². The highest BCUT2D eigenvalue weighted by Gasteiger charge is 2.40. The van der Waals surface area contributed by atoms with Crippen LogP contribution in [-0.4, -0.2) is 36.0 Å². The molecule has 1 unspecified atom stereocenters. The number of carboxylic acid groups (broad SMARTS) is 1. The van der Waals surface area contributed by atoms with Gasteiger partial charge in [0, 0.05) is 6.42 Å². The molecule has 2 N–H and O–H groups in total. The summed E-state index contributed by atoms with van der Waals surface area (Å²) < 4.78 is 42.1. The highest BCUT2D eigenvalue weighted by atomic mass is 19.4. The molecule has 0 fully saturated rings. The number of carboxylic acids is 1. The Kier molecular flexibility index (Phi) is 7.62. The fourth-order valence-electron chi connectivity index (χ4n) is 1.26. The number of halogens is 3. The Bertz CT molecular complexity index is 318. The zero-order valence-corrected chi connectivity index (χ0v) is 10.2. The van der Waals surface area contributed by atoms with Gasteiger partial charge in [-0.1, -0.05) is 19.1 Å². The van der Waals surface area contributed by atoms with Crippen LogP contribution in [-0.2, 0) is 9.53 Å². The predicted molar refractivity (Wildman–Crippen MR) is 60.6 cm³/mol. The number of hydrogen-bond donors (Lipinski definition) is 2. The second kappa shape index (κ2) is 8.39. The molecule has 0 aliphatic rings. The first-order valence-electron chi connectivity index (χ1n) is 5.60. The molecule has 0 aromatic heterocycles. The molecule has 0 saturated carbocycles. The summed E-state index contributed by atoms with van der Waals surface area (Å²) >= 11 is 0. The van der Waals surface area contributed by atoms with E-state index in [1.807, 2.05) is 0 Å². The smallest absolute Gasteiger partial charge is 0.408 e. The van der Waals surface area contributed by atoms with Gasteiger partial charge < -0.3 is 15.2 Å². The van der Waals surface area contributed by atoms with E-state index < -0.39 is 24.3 Å². The van der Waals surface area contributed by atoms with Crippen LogP contribution in [0.1, 0.15) is 25.7 Å². The molecule has 0 heterocycles. The maximum absolute atomic E-state index is 12.6. The molecule has 0 rings (SSSR count). The number of carbonyl (C=O) groups is 2. The largest absolute Gasteiger partial charge is 0.481 e. The van der Waals surface area contributed by atoms with E-state index in [2.05, 4.69) is 11.3 Å². The Balaban J connectivity index is 4.20. The van der Waals surface area contributed by atoms with Crippen molar-refractivity contribution < 1.29 is 32.6 Å². The Morgan fingerprint density at radius 3 is 2.47 bits per heavy atom. The van der Waals surface area contributed by atoms with Crippen LogP contribution < -0.4 is 5.32 Å². The van der Waals surface area contributed by atoms with E-state index in [1.54, 1.807) is 5.32 Å². The van der Waals surface area contributed by atoms with E-state index in [0.29, 0.717) is 0 Å². The molecule has 1 atom stereocenters. The maximum atomic E-state index is 12.6. The average Bonchev–Trinajstić information content (AvgIpc) is 2.28. The van der Waals surface area contributed by atoms with Crippen LogP contribution in [0.4, 0.5) is 18.0 Å². The van der Waals surface area contributed by atoms with Crippen LogP contribution in [0.2, 0.25) is 0 Å². The van der Waals surface area contributed by atoms with E-state index in [9.17, 15) is 22.8 Å². The summed E-state index contributed by atoms with van der Waals surface area (Å²) in [6, 6.07) is -2.04. The summed E-state index contributed by atoms with van der Waals surface area (Å²) in [4.78, 5) is 21.2. The third-order valence-electron chi connectivity index (χ3n) is 2.15. The van der Waals surface area contributed by atoms with E-state index in [-0.39, 0.29) is 32.3 Å². The summed E-state index contributed by atoms with van der Waals surface area (Å²) in [5.41, 5.74) is 0. The normalized spacial score (nSPS) is 12.6. The lowest BCUT2D eigenvalue weighted by atomic mass is 10.1. The van der Waals surface area contributed by atoms with Gasteiger partial charge in [0.15, 0.2) is 0 Å². The third kappa shape index (κ3) is 8.92. The number of amides is 1. The summed E-state index contributed by atoms with van der Waals surface area (Å²) in [7, 11) is 0. The number of ether oxygens (including phenoxy) is 1. The number of alkyl halides is 3. The molecule has 0 bridgehead atoms. The molecule has 8 heteroatoms. The molecule has 0 aliphatic heterocycles. The Morgan fingerprint density at radius 1 is 1.37 bits per heavy atom. The fraction of sp³-hybridized carbons (Fsp3) is 0.636. The maximum Gasteiger partial charge on any atom is 0.408 e. The van der Waals surface area contributed by atoms with E-state index in [4.69, 9.17) is 5.11 Å². The van der Waals surface area contributed by atoms with Crippen molar-refractivity contribution in [3.8, 4) is 0 Å². The number of hydrogen-bond acceptors (Lipinski definition) is 3. The average molecular weight is 283 g/mol. The molecule has 0 aromatic carbocycles. The first-order chi connectivity index (χ1) is 8.77. The highest BCUT2D eigenvalue weighted by Crippen LogP contribution is 2.24. The molecule has 0 aromatic rings. The Labute approximate surface area is 108 Å². The van der Waals surface area contributed by atoms with Gasteiger partial charge in [0.1, 0.15) is 12.6 Å². The van der Waals surface area contributed by atoms with Crippen LogP contribution in [0.5, 0.6) is 0 Å². The van der Waals surface area contributed by atoms with Crippen LogP contribution >= 0.6 is 0 Å². The second-order valence-electron chi connectivity index (χ2n) is 3.77. The number of carbonyl (C=O) groups excluding carboxylic acids is 1. The lowest BCUT2D eigenvalue weighted by Gasteiger charge is -2.21. The number of aliphatic carboxylic acids is 1. The van der Waals surface area contributed by atoms with Gasteiger partial charge in [0.05, 0.1) is 0 Å². The van der Waals surface area contributed by atoms with Gasteiger partial charge in [-0.3, -0.25) is 4.79 Å². The minimum absolute atomic E-state index is 0.0399. The van der Waals surface area contributed by atoms with Gasteiger partial charge in [-0.05, 0) is 12.8 Å². The minimum atomic E-state index is -4.60. The Morgan fingerprint density at radius 2 is 2.00 bits per heavy atom. The van der Waals surface area contributed by atoms with Crippen LogP contribution in [0.25, 0.3) is 0 Å². The lowest BCUT2D eigenvalue weighted by Crippen LogP contribution is -2.45. The van der Waals surface area contributed by atoms with Crippen LogP contribution in [0.3, 0.4) is 0 Å². The van der Waals surface area contributed by atoms with Crippen LogP contribution in [0, 0.1) is 0 Å². The van der Waals surface area contributed by atoms with Crippen molar-refractivity contribution >= 4 is 12.1 Å². The quantitative estimate of drug-likeness (QED) is 0.530. The molecule has 0 saturated heterocycles. The first kappa shape index (κ1) is 17.3. The standard InChI is InChI=1S/C11H16F3NO4/c1-2-7-19-10(18)15-8(11(12,13)14)5-3-4-6-9(16)17/h2,8H,1,3-7H2,(H,15,18)(H,16,17). The predicted octanol–water partition coefficient (Wildman–Crippen LogP) is 2.47. The van der Waals surface area contributed by atoms with Gasteiger partial charge in [-0.2, -0.15) is 13.2 Å². The number of rotatable bonds is 8. The third-order valence-corrected chi connectivity index (χ3v) is 2.15. The van der Waals surface area contributed by atoms with Crippen molar-refractivity contribution in [3.63, 3.8) is 0 Å². The monoisotopic (exact) mass is 283 g/mol. The first-order valence-corrected chi connectivity index (χ1v) is 5.60. The summed E-state index contributed by atoms with van der Waals surface area (Å²) in [6.45, 7) is 3.07. The molecule has 0 radical (unpaired) electrons. The van der Waals surface area contributed by atoms with Gasteiger partial charge in [0.25, 0.3) is 0 Å². The highest BCUT2D eigenvalue weighted by molar-refractivity contribution is 5.67. The van der Waals surface area contributed by atoms with Crippen LogP contribution in [0.15, 0.2) is 12.7 Å². The van der Waals surface area contributed by atoms with Crippen molar-refractivity contribution in [2.75, 3.05) is 6.61 Å². The number of nitrogens with one attached hydrogen (secondary N) is 1. The molecule has 1 amide bonds. The van der Waals surface area contributed by atoms with Gasteiger partial charge in [0.2, 0.25) is 0 Å². The van der Waals surface area contributed by atoms with E-state index >= 15 is 0 Å². The minimum Gasteiger partial charge on any atom is -0.481 e. The van der Waals surface area contributed by atoms with Crippen molar-refractivity contribution in [2.45, 2.75) is 37.9 Å². The molecule has 0 spiro atoms. The van der Waals surface area contributed by atoms with Crippen molar-refractivity contribution in [3.05, 3.63) is 12.7 Å². The van der Waals surface area contributed by atoms with Gasteiger partial charge in [-0.15, -0.1) is 0 Å². The molecule has 0 aliphatic carbocycles. The molecular formula is C11H16F3NO4. The molecule has 19 heavy (non-hydrogen) atoms. The summed E-state index contributed by atoms with van der Waals surface area (Å²) in [6.07, 6.45) is -4.99.